The van der Waals surface area contributed by atoms with E-state index in [1.165, 1.54) is 11.0 Å². The first-order valence-corrected chi connectivity index (χ1v) is 7.47. The Morgan fingerprint density at radius 1 is 1.15 bits per heavy atom. The summed E-state index contributed by atoms with van der Waals surface area (Å²) in [6.07, 6.45) is -0.257. The predicted octanol–water partition coefficient (Wildman–Crippen LogP) is 3.76. The highest BCUT2D eigenvalue weighted by molar-refractivity contribution is 7.99. The second-order valence-corrected chi connectivity index (χ2v) is 6.04. The number of aliphatic hydroxyl groups is 1. The Morgan fingerprint density at radius 3 is 2.75 bits per heavy atom. The third kappa shape index (κ3) is 2.58. The molecule has 4 heteroatoms. The van der Waals surface area contributed by atoms with Gasteiger partial charge in [-0.15, -0.1) is 11.8 Å². The van der Waals surface area contributed by atoms with Crippen LogP contribution in [0.15, 0.2) is 47.4 Å². The summed E-state index contributed by atoms with van der Waals surface area (Å²) in [6, 6.07) is 11.8. The highest BCUT2D eigenvalue weighted by Gasteiger charge is 2.29. The van der Waals surface area contributed by atoms with E-state index >= 15 is 0 Å². The summed E-state index contributed by atoms with van der Waals surface area (Å²) in [4.78, 5) is 1.20. The van der Waals surface area contributed by atoms with E-state index in [1.807, 2.05) is 24.3 Å². The van der Waals surface area contributed by atoms with E-state index in [1.54, 1.807) is 11.8 Å². The third-order valence-corrected chi connectivity index (χ3v) is 4.84. The molecule has 1 nitrogen and oxygen atoms in total. The lowest BCUT2D eigenvalue weighted by atomic mass is 9.91. The lowest BCUT2D eigenvalue weighted by Crippen LogP contribution is -2.21. The van der Waals surface area contributed by atoms with Crippen molar-refractivity contribution in [3.05, 3.63) is 65.2 Å². The lowest BCUT2D eigenvalue weighted by Gasteiger charge is -2.18. The highest BCUT2D eigenvalue weighted by atomic mass is 32.2. The molecule has 1 N–H and O–H groups in total. The van der Waals surface area contributed by atoms with Crippen LogP contribution in [0, 0.1) is 11.6 Å². The quantitative estimate of drug-likeness (QED) is 0.929. The maximum absolute atomic E-state index is 13.2. The van der Waals surface area contributed by atoms with Crippen LogP contribution in [0.4, 0.5) is 8.78 Å². The van der Waals surface area contributed by atoms with Crippen LogP contribution in [0.2, 0.25) is 0 Å². The van der Waals surface area contributed by atoms with Crippen molar-refractivity contribution < 1.29 is 13.9 Å². The van der Waals surface area contributed by atoms with Gasteiger partial charge in [-0.25, -0.2) is 8.78 Å². The van der Waals surface area contributed by atoms with Gasteiger partial charge in [0.05, 0.1) is 6.10 Å². The van der Waals surface area contributed by atoms with E-state index < -0.39 is 17.7 Å². The minimum absolute atomic E-state index is 0.0457. The molecule has 2 aromatic carbocycles. The van der Waals surface area contributed by atoms with E-state index in [9.17, 15) is 13.9 Å². The molecule has 2 atom stereocenters. The Labute approximate surface area is 120 Å². The molecule has 104 valence electrons. The minimum atomic E-state index is -0.865. The molecule has 1 aliphatic rings. The van der Waals surface area contributed by atoms with Gasteiger partial charge in [0.1, 0.15) is 0 Å². The summed E-state index contributed by atoms with van der Waals surface area (Å²) >= 11 is 1.73. The number of fused-ring (bicyclic) bond motifs is 1. The fraction of sp³-hybridized carbons (Fsp3) is 0.250. The fourth-order valence-electron chi connectivity index (χ4n) is 2.56. The zero-order valence-electron chi connectivity index (χ0n) is 10.7. The molecule has 0 aliphatic carbocycles. The molecule has 2 unspecified atom stereocenters. The minimum Gasteiger partial charge on any atom is -0.392 e. The Morgan fingerprint density at radius 2 is 1.95 bits per heavy atom. The van der Waals surface area contributed by atoms with E-state index in [2.05, 4.69) is 0 Å². The van der Waals surface area contributed by atoms with Gasteiger partial charge in [-0.2, -0.15) is 0 Å². The first-order chi connectivity index (χ1) is 9.65. The summed E-state index contributed by atoms with van der Waals surface area (Å²) in [6.45, 7) is 0. The number of rotatable bonds is 3. The molecule has 0 amide bonds. The molecule has 0 saturated heterocycles. The Hall–Kier alpha value is -1.39. The fourth-order valence-corrected chi connectivity index (χ4v) is 3.88. The summed E-state index contributed by atoms with van der Waals surface area (Å²) in [7, 11) is 0. The molecule has 3 rings (SSSR count). The van der Waals surface area contributed by atoms with Crippen LogP contribution in [0.1, 0.15) is 17.0 Å². The maximum atomic E-state index is 13.2. The standard InChI is InChI=1S/C16H14F2OS/c17-13-6-5-10(7-14(13)18)8-15(19)12-9-20-16-4-2-1-3-11(12)16/h1-7,12,15,19H,8-9H2. The van der Waals surface area contributed by atoms with Crippen LogP contribution in [-0.2, 0) is 6.42 Å². The molecule has 0 bridgehead atoms. The van der Waals surface area contributed by atoms with Crippen LogP contribution < -0.4 is 0 Å². The van der Waals surface area contributed by atoms with Crippen molar-refractivity contribution in [2.24, 2.45) is 0 Å². The van der Waals surface area contributed by atoms with Crippen LogP contribution in [0.25, 0.3) is 0 Å². The van der Waals surface area contributed by atoms with E-state index in [0.29, 0.717) is 12.0 Å². The molecule has 0 radical (unpaired) electrons. The van der Waals surface area contributed by atoms with Crippen molar-refractivity contribution in [3.63, 3.8) is 0 Å². The molecule has 1 aliphatic heterocycles. The Bertz CT molecular complexity index is 630. The zero-order chi connectivity index (χ0) is 14.1. The molecule has 2 aromatic rings. The zero-order valence-corrected chi connectivity index (χ0v) is 11.5. The van der Waals surface area contributed by atoms with Crippen LogP contribution >= 0.6 is 11.8 Å². The van der Waals surface area contributed by atoms with Crippen molar-refractivity contribution in [1.29, 1.82) is 0 Å². The Balaban J connectivity index is 1.77. The number of hydrogen-bond acceptors (Lipinski definition) is 2. The van der Waals surface area contributed by atoms with Crippen molar-refractivity contribution in [3.8, 4) is 0 Å². The summed E-state index contributed by atoms with van der Waals surface area (Å²) in [5.41, 5.74) is 1.76. The first-order valence-electron chi connectivity index (χ1n) is 6.49. The average Bonchev–Trinajstić information content (AvgIpc) is 2.87. The van der Waals surface area contributed by atoms with Crippen LogP contribution in [0.3, 0.4) is 0 Å². The topological polar surface area (TPSA) is 20.2 Å². The number of benzene rings is 2. The number of aliphatic hydroxyl groups excluding tert-OH is 1. The molecule has 20 heavy (non-hydrogen) atoms. The second kappa shape index (κ2) is 5.54. The molecular weight excluding hydrogens is 278 g/mol. The monoisotopic (exact) mass is 292 g/mol. The SMILES string of the molecule is OC(Cc1ccc(F)c(F)c1)C1CSc2ccccc21. The molecule has 1 heterocycles. The van der Waals surface area contributed by atoms with Gasteiger partial charge in [0, 0.05) is 16.6 Å². The lowest BCUT2D eigenvalue weighted by molar-refractivity contribution is 0.151. The molecule has 0 saturated carbocycles. The largest absolute Gasteiger partial charge is 0.392 e. The van der Waals surface area contributed by atoms with Gasteiger partial charge in [0.15, 0.2) is 11.6 Å². The normalized spacial score (nSPS) is 18.9. The van der Waals surface area contributed by atoms with Gasteiger partial charge < -0.3 is 5.11 Å². The van der Waals surface area contributed by atoms with E-state index in [0.717, 1.165) is 23.4 Å². The van der Waals surface area contributed by atoms with Gasteiger partial charge in [-0.05, 0) is 35.7 Å². The summed E-state index contributed by atoms with van der Waals surface area (Å²) in [5, 5.41) is 10.4. The van der Waals surface area contributed by atoms with Crippen LogP contribution in [-0.4, -0.2) is 17.0 Å². The first kappa shape index (κ1) is 13.6. The van der Waals surface area contributed by atoms with Gasteiger partial charge in [0.25, 0.3) is 0 Å². The predicted molar refractivity (Wildman–Crippen MR) is 76.0 cm³/mol. The smallest absolute Gasteiger partial charge is 0.159 e. The Kier molecular flexibility index (Phi) is 3.76. The number of hydrogen-bond donors (Lipinski definition) is 1. The molecule has 0 aromatic heterocycles. The van der Waals surface area contributed by atoms with Gasteiger partial charge in [0.2, 0.25) is 0 Å². The second-order valence-electron chi connectivity index (χ2n) is 4.98. The third-order valence-electron chi connectivity index (χ3n) is 3.63. The van der Waals surface area contributed by atoms with Gasteiger partial charge in [-0.1, -0.05) is 24.3 Å². The molecular formula is C16H14F2OS. The van der Waals surface area contributed by atoms with Gasteiger partial charge >= 0.3 is 0 Å². The van der Waals surface area contributed by atoms with E-state index in [-0.39, 0.29) is 5.92 Å². The molecule has 0 fully saturated rings. The molecule has 0 spiro atoms. The van der Waals surface area contributed by atoms with Gasteiger partial charge in [-0.3, -0.25) is 0 Å². The maximum Gasteiger partial charge on any atom is 0.159 e. The summed E-state index contributed by atoms with van der Waals surface area (Å²) < 4.78 is 26.1. The number of halogens is 2. The van der Waals surface area contributed by atoms with Crippen molar-refractivity contribution in [1.82, 2.24) is 0 Å². The van der Waals surface area contributed by atoms with E-state index in [4.69, 9.17) is 0 Å². The highest BCUT2D eigenvalue weighted by Crippen LogP contribution is 2.41. The average molecular weight is 292 g/mol. The van der Waals surface area contributed by atoms with Crippen molar-refractivity contribution in [2.75, 3.05) is 5.75 Å². The van der Waals surface area contributed by atoms with Crippen molar-refractivity contribution >= 4 is 11.8 Å². The van der Waals surface area contributed by atoms with Crippen molar-refractivity contribution in [2.45, 2.75) is 23.3 Å². The summed E-state index contributed by atoms with van der Waals surface area (Å²) in [5.74, 6) is -0.852. The van der Waals surface area contributed by atoms with Crippen LogP contribution in [0.5, 0.6) is 0 Å². The number of thioether (sulfide) groups is 1.